The number of anilines is 2. The second kappa shape index (κ2) is 9.01. The molecule has 4 atom stereocenters. The lowest BCUT2D eigenvalue weighted by Gasteiger charge is -2.29. The van der Waals surface area contributed by atoms with E-state index in [0.717, 1.165) is 0 Å². The fourth-order valence-corrected chi connectivity index (χ4v) is 4.53. The fraction of sp³-hybridized carbons (Fsp3) is 0.240. The Balaban J connectivity index is 1.40. The second-order valence-corrected chi connectivity index (χ2v) is 8.81. The van der Waals surface area contributed by atoms with Gasteiger partial charge in [0.25, 0.3) is 11.8 Å². The molecule has 1 unspecified atom stereocenters. The molecule has 37 heavy (non-hydrogen) atoms. The predicted octanol–water partition coefficient (Wildman–Crippen LogP) is 1.35. The molecule has 2 aromatic carbocycles. The minimum absolute atomic E-state index is 0.0458. The summed E-state index contributed by atoms with van der Waals surface area (Å²) in [6.45, 7) is -0.385. The number of nitrogens with one attached hydrogen (secondary N) is 2. The average molecular weight is 502 g/mol. The second-order valence-electron chi connectivity index (χ2n) is 8.81. The van der Waals surface area contributed by atoms with E-state index < -0.39 is 42.5 Å². The molecule has 12 nitrogen and oxygen atoms in total. The number of carbonyl (C=O) groups excluding carboxylic acids is 2. The van der Waals surface area contributed by atoms with Crippen molar-refractivity contribution in [3.05, 3.63) is 78.1 Å². The predicted molar refractivity (Wildman–Crippen MR) is 130 cm³/mol. The third kappa shape index (κ3) is 3.92. The first-order valence-corrected chi connectivity index (χ1v) is 11.5. The Morgan fingerprint density at radius 1 is 1.00 bits per heavy atom. The van der Waals surface area contributed by atoms with Crippen molar-refractivity contribution in [2.45, 2.75) is 24.0 Å². The van der Waals surface area contributed by atoms with Crippen LogP contribution >= 0.6 is 0 Å². The van der Waals surface area contributed by atoms with Crippen molar-refractivity contribution in [1.82, 2.24) is 19.5 Å². The topological polar surface area (TPSA) is 161 Å². The minimum atomic E-state index is -1.26. The largest absolute Gasteiger partial charge is 0.393 e. The van der Waals surface area contributed by atoms with Crippen LogP contribution in [0, 0.1) is 0 Å². The Morgan fingerprint density at radius 2 is 1.65 bits per heavy atom. The molecule has 4 heterocycles. The number of amides is 2. The molecule has 188 valence electrons. The first-order chi connectivity index (χ1) is 18.0. The van der Waals surface area contributed by atoms with Gasteiger partial charge in [0.05, 0.1) is 19.5 Å². The maximum Gasteiger partial charge on any atom is 0.258 e. The number of hydrogen-bond acceptors (Lipinski definition) is 9. The van der Waals surface area contributed by atoms with Crippen LogP contribution in [0.2, 0.25) is 0 Å². The smallest absolute Gasteiger partial charge is 0.258 e. The molecule has 2 aliphatic rings. The van der Waals surface area contributed by atoms with Gasteiger partial charge in [-0.25, -0.2) is 4.98 Å². The summed E-state index contributed by atoms with van der Waals surface area (Å²) in [6, 6.07) is 17.1. The van der Waals surface area contributed by atoms with Crippen LogP contribution in [-0.4, -0.2) is 72.6 Å². The van der Waals surface area contributed by atoms with Gasteiger partial charge in [-0.15, -0.1) is 0 Å². The van der Waals surface area contributed by atoms with Gasteiger partial charge in [-0.3, -0.25) is 19.5 Å². The highest BCUT2D eigenvalue weighted by molar-refractivity contribution is 6.08. The SMILES string of the molecule is O=C(Nc1nc(NC(=O)c2ccccc2)c2ncn([C@@H]3O[C@@]4(CO)CO[C@H]3C4O)c2n1)c1ccccc1. The summed E-state index contributed by atoms with van der Waals surface area (Å²) in [5, 5.41) is 25.9. The van der Waals surface area contributed by atoms with Crippen molar-refractivity contribution < 1.29 is 29.3 Å². The number of carbonyl (C=O) groups is 2. The summed E-state index contributed by atoms with van der Waals surface area (Å²) in [7, 11) is 0. The van der Waals surface area contributed by atoms with Crippen LogP contribution in [0.4, 0.5) is 11.8 Å². The lowest BCUT2D eigenvalue weighted by atomic mass is 10.0. The van der Waals surface area contributed by atoms with E-state index in [1.54, 1.807) is 60.7 Å². The van der Waals surface area contributed by atoms with Crippen molar-refractivity contribution in [2.75, 3.05) is 23.8 Å². The van der Waals surface area contributed by atoms with Crippen molar-refractivity contribution in [3.8, 4) is 0 Å². The number of aromatic nitrogens is 4. The van der Waals surface area contributed by atoms with Gasteiger partial charge in [-0.2, -0.15) is 9.97 Å². The Kier molecular flexibility index (Phi) is 5.65. The zero-order chi connectivity index (χ0) is 25.6. The van der Waals surface area contributed by atoms with Crippen molar-refractivity contribution in [1.29, 1.82) is 0 Å². The molecule has 4 aromatic rings. The highest BCUT2D eigenvalue weighted by atomic mass is 16.7. The fourth-order valence-electron chi connectivity index (χ4n) is 4.53. The molecule has 6 rings (SSSR count). The van der Waals surface area contributed by atoms with Crippen LogP contribution in [0.1, 0.15) is 26.9 Å². The van der Waals surface area contributed by atoms with E-state index in [4.69, 9.17) is 9.47 Å². The first-order valence-electron chi connectivity index (χ1n) is 11.5. The summed E-state index contributed by atoms with van der Waals surface area (Å²) in [5.74, 6) is -0.874. The zero-order valence-electron chi connectivity index (χ0n) is 19.3. The molecule has 12 heteroatoms. The van der Waals surface area contributed by atoms with Crippen LogP contribution in [0.5, 0.6) is 0 Å². The maximum absolute atomic E-state index is 12.9. The lowest BCUT2D eigenvalue weighted by Crippen LogP contribution is -2.44. The molecule has 2 saturated heterocycles. The Morgan fingerprint density at radius 3 is 2.27 bits per heavy atom. The number of rotatable bonds is 6. The molecule has 2 aliphatic heterocycles. The summed E-state index contributed by atoms with van der Waals surface area (Å²) >= 11 is 0. The van der Waals surface area contributed by atoms with Crippen molar-refractivity contribution >= 4 is 34.7 Å². The third-order valence-electron chi connectivity index (χ3n) is 6.50. The van der Waals surface area contributed by atoms with Crippen molar-refractivity contribution in [3.63, 3.8) is 0 Å². The average Bonchev–Trinajstić information content (AvgIpc) is 3.59. The first kappa shape index (κ1) is 23.2. The van der Waals surface area contributed by atoms with Gasteiger partial charge >= 0.3 is 0 Å². The maximum atomic E-state index is 12.9. The van der Waals surface area contributed by atoms with Crippen LogP contribution in [0.25, 0.3) is 11.2 Å². The Labute approximate surface area is 209 Å². The standard InChI is InChI=1S/C25H22N6O6/c32-11-25-12-36-17(18(25)33)23(37-25)31-13-26-16-19(27-21(34)14-7-3-1-4-8-14)28-24(29-20(16)31)30-22(35)15-9-5-2-6-10-15/h1-10,13,17-18,23,32-33H,11-12H2,(H2,27,28,29,30,34,35)/t17-,18?,23+,25-/m0/s1. The molecular formula is C25H22N6O6. The van der Waals surface area contributed by atoms with Crippen LogP contribution < -0.4 is 10.6 Å². The molecule has 2 amide bonds. The normalized spacial score (nSPS) is 24.3. The molecule has 0 radical (unpaired) electrons. The van der Waals surface area contributed by atoms with Crippen LogP contribution in [0.3, 0.4) is 0 Å². The van der Waals surface area contributed by atoms with Crippen LogP contribution in [-0.2, 0) is 9.47 Å². The van der Waals surface area contributed by atoms with Gasteiger partial charge in [0.15, 0.2) is 23.2 Å². The third-order valence-corrected chi connectivity index (χ3v) is 6.50. The van der Waals surface area contributed by atoms with Gasteiger partial charge in [-0.1, -0.05) is 36.4 Å². The van der Waals surface area contributed by atoms with Gasteiger partial charge in [0.1, 0.15) is 17.8 Å². The van der Waals surface area contributed by atoms with E-state index in [1.165, 1.54) is 10.9 Å². The van der Waals surface area contributed by atoms with Crippen LogP contribution in [0.15, 0.2) is 67.0 Å². The molecule has 2 bridgehead atoms. The van der Waals surface area contributed by atoms with E-state index in [0.29, 0.717) is 11.1 Å². The van der Waals surface area contributed by atoms with Gasteiger partial charge in [-0.05, 0) is 24.3 Å². The number of aliphatic hydroxyl groups excluding tert-OH is 2. The minimum Gasteiger partial charge on any atom is -0.393 e. The number of hydrogen-bond donors (Lipinski definition) is 4. The highest BCUT2D eigenvalue weighted by Gasteiger charge is 2.61. The molecule has 2 aromatic heterocycles. The summed E-state index contributed by atoms with van der Waals surface area (Å²) in [5.41, 5.74) is 0.00566. The van der Waals surface area contributed by atoms with E-state index in [1.807, 2.05) is 0 Å². The monoisotopic (exact) mass is 502 g/mol. The molecule has 0 saturated carbocycles. The van der Waals surface area contributed by atoms with Gasteiger partial charge < -0.3 is 25.0 Å². The number of ether oxygens (including phenoxy) is 2. The van der Waals surface area contributed by atoms with Crippen molar-refractivity contribution in [2.24, 2.45) is 0 Å². The Hall–Kier alpha value is -4.23. The van der Waals surface area contributed by atoms with E-state index in [9.17, 15) is 19.8 Å². The zero-order valence-corrected chi connectivity index (χ0v) is 19.3. The number of benzene rings is 2. The number of aliphatic hydroxyl groups is 2. The van der Waals surface area contributed by atoms with E-state index in [2.05, 4.69) is 25.6 Å². The summed E-state index contributed by atoms with van der Waals surface area (Å²) in [6.07, 6.45) is -1.26. The molecule has 2 fully saturated rings. The van der Waals surface area contributed by atoms with Gasteiger partial charge in [0.2, 0.25) is 5.95 Å². The molecule has 0 spiro atoms. The van der Waals surface area contributed by atoms with E-state index in [-0.39, 0.29) is 29.5 Å². The quantitative estimate of drug-likeness (QED) is 0.305. The summed E-state index contributed by atoms with van der Waals surface area (Å²) in [4.78, 5) is 38.9. The number of nitrogens with zero attached hydrogens (tertiary/aromatic N) is 4. The lowest BCUT2D eigenvalue weighted by molar-refractivity contribution is -0.185. The highest BCUT2D eigenvalue weighted by Crippen LogP contribution is 2.45. The van der Waals surface area contributed by atoms with Gasteiger partial charge in [0, 0.05) is 11.1 Å². The number of imidazole rings is 1. The molecular weight excluding hydrogens is 480 g/mol. The molecule has 4 N–H and O–H groups in total. The van der Waals surface area contributed by atoms with E-state index >= 15 is 0 Å². The number of fused-ring (bicyclic) bond motifs is 3. The Bertz CT molecular complexity index is 1480. The summed E-state index contributed by atoms with van der Waals surface area (Å²) < 4.78 is 13.2. The molecule has 0 aliphatic carbocycles.